The van der Waals surface area contributed by atoms with E-state index >= 15 is 0 Å². The van der Waals surface area contributed by atoms with Crippen molar-refractivity contribution in [3.63, 3.8) is 0 Å². The number of aromatic nitrogens is 1. The van der Waals surface area contributed by atoms with Crippen molar-refractivity contribution in [3.05, 3.63) is 89.5 Å². The van der Waals surface area contributed by atoms with Crippen molar-refractivity contribution < 1.29 is 4.57 Å². The van der Waals surface area contributed by atoms with E-state index in [2.05, 4.69) is 103 Å². The zero-order valence-corrected chi connectivity index (χ0v) is 16.2. The first kappa shape index (κ1) is 17.5. The number of benzene rings is 3. The molecule has 0 saturated carbocycles. The highest BCUT2D eigenvalue weighted by Crippen LogP contribution is 2.26. The molecule has 1 aromatic heterocycles. The summed E-state index contributed by atoms with van der Waals surface area (Å²) in [5, 5.41) is 2.57. The second kappa shape index (κ2) is 7.75. The average molecular weight is 353 g/mol. The van der Waals surface area contributed by atoms with Crippen molar-refractivity contribution in [2.75, 3.05) is 0 Å². The maximum absolute atomic E-state index is 2.28. The zero-order valence-electron chi connectivity index (χ0n) is 16.2. The lowest BCUT2D eigenvalue weighted by atomic mass is 10.0. The minimum atomic E-state index is 1.17. The molecule has 0 aliphatic carbocycles. The number of unbranched alkanes of at least 4 members (excludes halogenated alkanes) is 1. The first-order valence-corrected chi connectivity index (χ1v) is 9.84. The molecule has 0 unspecified atom stereocenters. The molecule has 1 nitrogen and oxygen atoms in total. The molecule has 0 saturated heterocycles. The third-order valence-electron chi connectivity index (χ3n) is 5.35. The van der Waals surface area contributed by atoms with Crippen LogP contribution in [-0.2, 0) is 13.5 Å². The number of hydrogen-bond acceptors (Lipinski definition) is 0. The predicted octanol–water partition coefficient (Wildman–Crippen LogP) is 6.33. The molecule has 0 aliphatic rings. The fraction of sp³-hybridized carbons (Fsp3) is 0.192. The van der Waals surface area contributed by atoms with E-state index in [1.54, 1.807) is 0 Å². The molecule has 1 heterocycles. The molecule has 27 heavy (non-hydrogen) atoms. The molecule has 134 valence electrons. The molecule has 0 fully saturated rings. The number of nitrogens with zero attached hydrogens (tertiary/aromatic N) is 1. The number of aryl methyl sites for hydroxylation is 2. The van der Waals surface area contributed by atoms with Gasteiger partial charge in [0.15, 0.2) is 0 Å². The maximum Gasteiger partial charge on any atom is 0.213 e. The first-order chi connectivity index (χ1) is 13.3. The van der Waals surface area contributed by atoms with E-state index in [1.165, 1.54) is 57.8 Å². The van der Waals surface area contributed by atoms with E-state index in [0.717, 1.165) is 0 Å². The molecule has 0 aliphatic heterocycles. The summed E-state index contributed by atoms with van der Waals surface area (Å²) >= 11 is 0. The molecule has 0 N–H and O–H groups in total. The smallest absolute Gasteiger partial charge is 0.194 e. The number of fused-ring (bicyclic) bond motifs is 2. The largest absolute Gasteiger partial charge is 0.213 e. The van der Waals surface area contributed by atoms with Gasteiger partial charge in [-0.1, -0.05) is 74.0 Å². The number of hydrogen-bond donors (Lipinski definition) is 0. The number of pyridine rings is 1. The Hall–Kier alpha value is -2.93. The van der Waals surface area contributed by atoms with Crippen LogP contribution in [0.5, 0.6) is 0 Å². The number of rotatable bonds is 5. The van der Waals surface area contributed by atoms with E-state index in [0.29, 0.717) is 0 Å². The van der Waals surface area contributed by atoms with Gasteiger partial charge in [0.05, 0.1) is 10.8 Å². The zero-order chi connectivity index (χ0) is 18.6. The molecule has 0 bridgehead atoms. The summed E-state index contributed by atoms with van der Waals surface area (Å²) in [6.07, 6.45) is 8.18. The lowest BCUT2D eigenvalue weighted by molar-refractivity contribution is -0.617. The van der Waals surface area contributed by atoms with Crippen LogP contribution in [0.3, 0.4) is 0 Å². The Kier molecular flexibility index (Phi) is 5.02. The van der Waals surface area contributed by atoms with Crippen LogP contribution in [0.4, 0.5) is 0 Å². The summed E-state index contributed by atoms with van der Waals surface area (Å²) in [5.41, 5.74) is 6.47. The minimum absolute atomic E-state index is 1.17. The Labute approximate surface area is 161 Å². The Bertz CT molecular complexity index is 1050. The molecular weight excluding hydrogens is 326 g/mol. The fourth-order valence-corrected chi connectivity index (χ4v) is 3.80. The Balaban J connectivity index is 1.78. The average Bonchev–Trinajstić information content (AvgIpc) is 2.73. The van der Waals surface area contributed by atoms with Gasteiger partial charge < -0.3 is 0 Å². The lowest BCUT2D eigenvalue weighted by Gasteiger charge is -2.07. The van der Waals surface area contributed by atoms with Crippen molar-refractivity contribution in [1.29, 1.82) is 0 Å². The van der Waals surface area contributed by atoms with Gasteiger partial charge >= 0.3 is 0 Å². The standard InChI is InChI=1S/C26H26N/c1-3-4-9-20-14-16-21(17-15-20)18-19-22-23-10-5-7-12-25(23)27(2)26-13-8-6-11-24(22)26/h5-8,10-19H,3-4,9H2,1-2H3/q+1/b19-18+. The normalized spacial score (nSPS) is 11.6. The van der Waals surface area contributed by atoms with Gasteiger partial charge in [-0.3, -0.25) is 0 Å². The van der Waals surface area contributed by atoms with Crippen molar-refractivity contribution in [1.82, 2.24) is 0 Å². The van der Waals surface area contributed by atoms with E-state index in [-0.39, 0.29) is 0 Å². The summed E-state index contributed by atoms with van der Waals surface area (Å²) < 4.78 is 2.28. The van der Waals surface area contributed by atoms with Crippen LogP contribution in [0, 0.1) is 0 Å². The van der Waals surface area contributed by atoms with Crippen LogP contribution in [0.1, 0.15) is 36.5 Å². The van der Waals surface area contributed by atoms with E-state index in [4.69, 9.17) is 0 Å². The highest BCUT2D eigenvalue weighted by Gasteiger charge is 2.15. The molecule has 1 heteroatoms. The van der Waals surface area contributed by atoms with Crippen LogP contribution < -0.4 is 4.57 Å². The fourth-order valence-electron chi connectivity index (χ4n) is 3.80. The Morgan fingerprint density at radius 2 is 1.33 bits per heavy atom. The first-order valence-electron chi connectivity index (χ1n) is 9.84. The second-order valence-electron chi connectivity index (χ2n) is 7.19. The van der Waals surface area contributed by atoms with Gasteiger partial charge in [0.25, 0.3) is 0 Å². The minimum Gasteiger partial charge on any atom is -0.194 e. The summed E-state index contributed by atoms with van der Waals surface area (Å²) in [6, 6.07) is 26.3. The molecule has 4 rings (SSSR count). The predicted molar refractivity (Wildman–Crippen MR) is 117 cm³/mol. The Morgan fingerprint density at radius 3 is 1.93 bits per heavy atom. The van der Waals surface area contributed by atoms with Crippen molar-refractivity contribution in [2.24, 2.45) is 7.05 Å². The number of para-hydroxylation sites is 2. The van der Waals surface area contributed by atoms with Crippen LogP contribution >= 0.6 is 0 Å². The highest BCUT2D eigenvalue weighted by molar-refractivity contribution is 6.01. The van der Waals surface area contributed by atoms with Gasteiger partial charge in [0.2, 0.25) is 11.0 Å². The molecular formula is C26H26N+. The third kappa shape index (κ3) is 3.50. The summed E-state index contributed by atoms with van der Waals surface area (Å²) in [7, 11) is 2.15. The lowest BCUT2D eigenvalue weighted by Crippen LogP contribution is -2.30. The molecule has 0 amide bonds. The monoisotopic (exact) mass is 352 g/mol. The molecule has 4 aromatic rings. The van der Waals surface area contributed by atoms with E-state index in [9.17, 15) is 0 Å². The van der Waals surface area contributed by atoms with Gasteiger partial charge in [-0.2, -0.15) is 4.57 Å². The topological polar surface area (TPSA) is 3.88 Å². The molecule has 3 aromatic carbocycles. The molecule has 0 atom stereocenters. The van der Waals surface area contributed by atoms with Gasteiger partial charge in [0.1, 0.15) is 7.05 Å². The van der Waals surface area contributed by atoms with Crippen LogP contribution in [0.2, 0.25) is 0 Å². The second-order valence-corrected chi connectivity index (χ2v) is 7.19. The molecule has 0 spiro atoms. The summed E-state index contributed by atoms with van der Waals surface area (Å²) in [4.78, 5) is 0. The van der Waals surface area contributed by atoms with Crippen LogP contribution in [0.25, 0.3) is 34.0 Å². The van der Waals surface area contributed by atoms with E-state index < -0.39 is 0 Å². The van der Waals surface area contributed by atoms with Crippen molar-refractivity contribution >= 4 is 34.0 Å². The van der Waals surface area contributed by atoms with Crippen molar-refractivity contribution in [2.45, 2.75) is 26.2 Å². The van der Waals surface area contributed by atoms with Gasteiger partial charge in [-0.15, -0.1) is 0 Å². The SMILES string of the molecule is CCCCc1ccc(/C=C/c2c3ccccc3[n+](C)c3ccccc23)cc1. The summed E-state index contributed by atoms with van der Waals surface area (Å²) in [5.74, 6) is 0. The Morgan fingerprint density at radius 1 is 0.741 bits per heavy atom. The highest BCUT2D eigenvalue weighted by atomic mass is 14.9. The quantitative estimate of drug-likeness (QED) is 0.292. The maximum atomic E-state index is 2.28. The van der Waals surface area contributed by atoms with Crippen molar-refractivity contribution in [3.8, 4) is 0 Å². The van der Waals surface area contributed by atoms with E-state index in [1.807, 2.05) is 0 Å². The summed E-state index contributed by atoms with van der Waals surface area (Å²) in [6.45, 7) is 2.24. The van der Waals surface area contributed by atoms with Gasteiger partial charge in [-0.25, -0.2) is 0 Å². The van der Waals surface area contributed by atoms with Crippen LogP contribution in [-0.4, -0.2) is 0 Å². The van der Waals surface area contributed by atoms with Gasteiger partial charge in [-0.05, 0) is 36.1 Å². The van der Waals surface area contributed by atoms with Crippen LogP contribution in [0.15, 0.2) is 72.8 Å². The van der Waals surface area contributed by atoms with Gasteiger partial charge in [0, 0.05) is 17.7 Å². The molecule has 0 radical (unpaired) electrons. The third-order valence-corrected chi connectivity index (χ3v) is 5.35.